The quantitative estimate of drug-likeness (QED) is 0.669. The van der Waals surface area contributed by atoms with E-state index in [0.29, 0.717) is 16.6 Å². The zero-order valence-electron chi connectivity index (χ0n) is 8.20. The number of thioether (sulfide) groups is 1. The average Bonchev–Trinajstić information content (AvgIpc) is 2.17. The van der Waals surface area contributed by atoms with Crippen molar-refractivity contribution in [1.29, 1.82) is 0 Å². The van der Waals surface area contributed by atoms with Crippen LogP contribution in [0.5, 0.6) is 0 Å². The fraction of sp³-hybridized carbons (Fsp3) is 0.300. The largest absolute Gasteiger partial charge is 0.478 e. The first kappa shape index (κ1) is 12.5. The Hall–Kier alpha value is -0.520. The standard InChI is InChI=1S/C10H11BrO3S/c1-14-5-6-15-8-4-2-3-7(11)9(8)10(12)13/h2-4H,5-6H2,1H3,(H,12,13). The van der Waals surface area contributed by atoms with Crippen molar-refractivity contribution in [2.45, 2.75) is 4.90 Å². The van der Waals surface area contributed by atoms with Crippen LogP contribution in [0.2, 0.25) is 0 Å². The Morgan fingerprint density at radius 1 is 1.60 bits per heavy atom. The summed E-state index contributed by atoms with van der Waals surface area (Å²) in [6.07, 6.45) is 0. The van der Waals surface area contributed by atoms with Crippen molar-refractivity contribution in [1.82, 2.24) is 0 Å². The summed E-state index contributed by atoms with van der Waals surface area (Å²) in [4.78, 5) is 11.8. The predicted molar refractivity (Wildman–Crippen MR) is 63.7 cm³/mol. The summed E-state index contributed by atoms with van der Waals surface area (Å²) >= 11 is 4.71. The van der Waals surface area contributed by atoms with E-state index in [4.69, 9.17) is 9.84 Å². The first-order valence-corrected chi connectivity index (χ1v) is 6.08. The van der Waals surface area contributed by atoms with Crippen LogP contribution < -0.4 is 0 Å². The van der Waals surface area contributed by atoms with Gasteiger partial charge in [-0.05, 0) is 28.1 Å². The molecular formula is C10H11BrO3S. The van der Waals surface area contributed by atoms with Crippen LogP contribution >= 0.6 is 27.7 Å². The van der Waals surface area contributed by atoms with Crippen LogP contribution in [-0.4, -0.2) is 30.5 Å². The van der Waals surface area contributed by atoms with E-state index in [-0.39, 0.29) is 0 Å². The van der Waals surface area contributed by atoms with Gasteiger partial charge in [-0.2, -0.15) is 0 Å². The van der Waals surface area contributed by atoms with Gasteiger partial charge in [-0.25, -0.2) is 4.79 Å². The van der Waals surface area contributed by atoms with Crippen molar-refractivity contribution in [3.63, 3.8) is 0 Å². The van der Waals surface area contributed by atoms with Gasteiger partial charge in [-0.15, -0.1) is 11.8 Å². The minimum absolute atomic E-state index is 0.318. The molecule has 1 aromatic rings. The normalized spacial score (nSPS) is 10.3. The lowest BCUT2D eigenvalue weighted by molar-refractivity contribution is 0.0692. The maximum absolute atomic E-state index is 11.0. The van der Waals surface area contributed by atoms with Crippen LogP contribution in [0, 0.1) is 0 Å². The van der Waals surface area contributed by atoms with Crippen molar-refractivity contribution in [2.24, 2.45) is 0 Å². The van der Waals surface area contributed by atoms with Gasteiger partial charge in [0.25, 0.3) is 0 Å². The third-order valence-corrected chi connectivity index (χ3v) is 3.42. The third-order valence-electron chi connectivity index (χ3n) is 1.73. The molecule has 0 atom stereocenters. The molecule has 0 aliphatic rings. The minimum atomic E-state index is -0.914. The number of hydrogen-bond acceptors (Lipinski definition) is 3. The van der Waals surface area contributed by atoms with Crippen LogP contribution in [0.4, 0.5) is 0 Å². The molecule has 5 heteroatoms. The number of carboxylic acid groups (broad SMARTS) is 1. The Morgan fingerprint density at radius 3 is 2.93 bits per heavy atom. The van der Waals surface area contributed by atoms with E-state index in [9.17, 15) is 4.79 Å². The molecule has 0 saturated heterocycles. The average molecular weight is 291 g/mol. The second-order valence-electron chi connectivity index (χ2n) is 2.76. The van der Waals surface area contributed by atoms with E-state index >= 15 is 0 Å². The third kappa shape index (κ3) is 3.52. The van der Waals surface area contributed by atoms with Crippen molar-refractivity contribution in [3.05, 3.63) is 28.2 Å². The molecule has 0 radical (unpaired) electrons. The fourth-order valence-corrected chi connectivity index (χ4v) is 2.72. The number of benzene rings is 1. The van der Waals surface area contributed by atoms with E-state index in [0.717, 1.165) is 10.6 Å². The maximum Gasteiger partial charge on any atom is 0.337 e. The number of aromatic carboxylic acids is 1. The monoisotopic (exact) mass is 290 g/mol. The number of ether oxygens (including phenoxy) is 1. The molecule has 1 rings (SSSR count). The van der Waals surface area contributed by atoms with Gasteiger partial charge in [0, 0.05) is 22.2 Å². The Labute approximate surface area is 101 Å². The lowest BCUT2D eigenvalue weighted by atomic mass is 10.2. The highest BCUT2D eigenvalue weighted by atomic mass is 79.9. The smallest absolute Gasteiger partial charge is 0.337 e. The highest BCUT2D eigenvalue weighted by Crippen LogP contribution is 2.28. The molecule has 3 nitrogen and oxygen atoms in total. The summed E-state index contributed by atoms with van der Waals surface area (Å²) in [5.41, 5.74) is 0.318. The van der Waals surface area contributed by atoms with Crippen molar-refractivity contribution < 1.29 is 14.6 Å². The van der Waals surface area contributed by atoms with Crippen molar-refractivity contribution in [2.75, 3.05) is 19.5 Å². The number of hydrogen-bond donors (Lipinski definition) is 1. The van der Waals surface area contributed by atoms with Gasteiger partial charge in [0.05, 0.1) is 12.2 Å². The van der Waals surface area contributed by atoms with E-state index < -0.39 is 5.97 Å². The van der Waals surface area contributed by atoms with Crippen molar-refractivity contribution >= 4 is 33.7 Å². The Kier molecular flexibility index (Phi) is 5.14. The van der Waals surface area contributed by atoms with Gasteiger partial charge in [0.2, 0.25) is 0 Å². The Bertz CT molecular complexity index is 355. The summed E-state index contributed by atoms with van der Waals surface area (Å²) in [5, 5.41) is 9.03. The molecule has 0 spiro atoms. The van der Waals surface area contributed by atoms with Gasteiger partial charge in [-0.3, -0.25) is 0 Å². The van der Waals surface area contributed by atoms with Crippen LogP contribution in [0.1, 0.15) is 10.4 Å². The minimum Gasteiger partial charge on any atom is -0.478 e. The summed E-state index contributed by atoms with van der Waals surface area (Å²) in [6, 6.07) is 5.35. The fourth-order valence-electron chi connectivity index (χ4n) is 1.07. The Balaban J connectivity index is 2.86. The number of carboxylic acids is 1. The first-order chi connectivity index (χ1) is 7.16. The lowest BCUT2D eigenvalue weighted by Gasteiger charge is -2.06. The molecule has 0 saturated carbocycles. The molecule has 15 heavy (non-hydrogen) atoms. The summed E-state index contributed by atoms with van der Waals surface area (Å²) in [7, 11) is 1.62. The van der Waals surface area contributed by atoms with Gasteiger partial charge in [-0.1, -0.05) is 6.07 Å². The number of halogens is 1. The topological polar surface area (TPSA) is 46.5 Å². The van der Waals surface area contributed by atoms with E-state index in [1.54, 1.807) is 19.2 Å². The molecular weight excluding hydrogens is 280 g/mol. The molecule has 82 valence electrons. The second-order valence-corrected chi connectivity index (χ2v) is 4.75. The highest BCUT2D eigenvalue weighted by molar-refractivity contribution is 9.10. The summed E-state index contributed by atoms with van der Waals surface area (Å²) in [5.74, 6) is -0.171. The van der Waals surface area contributed by atoms with Crippen molar-refractivity contribution in [3.8, 4) is 0 Å². The van der Waals surface area contributed by atoms with E-state index in [1.165, 1.54) is 11.8 Å². The molecule has 0 aromatic heterocycles. The molecule has 0 heterocycles. The number of rotatable bonds is 5. The molecule has 0 aliphatic carbocycles. The molecule has 0 bridgehead atoms. The van der Waals surface area contributed by atoms with Gasteiger partial charge in [0.1, 0.15) is 0 Å². The van der Waals surface area contributed by atoms with Gasteiger partial charge < -0.3 is 9.84 Å². The van der Waals surface area contributed by atoms with Crippen LogP contribution in [0.3, 0.4) is 0 Å². The SMILES string of the molecule is COCCSc1cccc(Br)c1C(=O)O. The summed E-state index contributed by atoms with van der Waals surface area (Å²) in [6.45, 7) is 0.607. The lowest BCUT2D eigenvalue weighted by Crippen LogP contribution is -2.01. The summed E-state index contributed by atoms with van der Waals surface area (Å²) < 4.78 is 5.52. The molecule has 0 aliphatic heterocycles. The predicted octanol–water partition coefficient (Wildman–Crippen LogP) is 2.89. The zero-order chi connectivity index (χ0) is 11.3. The second kappa shape index (κ2) is 6.15. The Morgan fingerprint density at radius 2 is 2.33 bits per heavy atom. The number of carbonyl (C=O) groups is 1. The zero-order valence-corrected chi connectivity index (χ0v) is 10.6. The van der Waals surface area contributed by atoms with Crippen LogP contribution in [-0.2, 0) is 4.74 Å². The van der Waals surface area contributed by atoms with Gasteiger partial charge in [0.15, 0.2) is 0 Å². The molecule has 1 aromatic carbocycles. The molecule has 0 amide bonds. The number of methoxy groups -OCH3 is 1. The van der Waals surface area contributed by atoms with Crippen LogP contribution in [0.25, 0.3) is 0 Å². The van der Waals surface area contributed by atoms with E-state index in [1.807, 2.05) is 6.07 Å². The molecule has 0 fully saturated rings. The van der Waals surface area contributed by atoms with E-state index in [2.05, 4.69) is 15.9 Å². The first-order valence-electron chi connectivity index (χ1n) is 4.30. The van der Waals surface area contributed by atoms with Crippen LogP contribution in [0.15, 0.2) is 27.6 Å². The molecule has 0 unspecified atom stereocenters. The van der Waals surface area contributed by atoms with Gasteiger partial charge >= 0.3 is 5.97 Å². The maximum atomic E-state index is 11.0. The highest BCUT2D eigenvalue weighted by Gasteiger charge is 2.13. The molecule has 1 N–H and O–H groups in total.